The van der Waals surface area contributed by atoms with Crippen LogP contribution >= 0.6 is 0 Å². The fraction of sp³-hybridized carbons (Fsp3) is 0.636. The van der Waals surface area contributed by atoms with Crippen LogP contribution in [0.25, 0.3) is 5.65 Å². The van der Waals surface area contributed by atoms with Crippen LogP contribution in [0.1, 0.15) is 25.7 Å². The van der Waals surface area contributed by atoms with Gasteiger partial charge in [0, 0.05) is 6.04 Å². The molecule has 4 rings (SSSR count). The van der Waals surface area contributed by atoms with Gasteiger partial charge in [0.05, 0.1) is 12.4 Å². The minimum absolute atomic E-state index is 0.589. The summed E-state index contributed by atoms with van der Waals surface area (Å²) in [4.78, 5) is 4.17. The zero-order valence-electron chi connectivity index (χ0n) is 9.45. The zero-order valence-corrected chi connectivity index (χ0v) is 9.45. The Labute approximate surface area is 98.4 Å². The SMILES string of the molecule is c1ncc2nnnn2c1NC(C1CC1)C1CC1. The third kappa shape index (κ3) is 1.64. The first kappa shape index (κ1) is 9.32. The summed E-state index contributed by atoms with van der Waals surface area (Å²) in [5.74, 6) is 2.60. The van der Waals surface area contributed by atoms with E-state index in [9.17, 15) is 0 Å². The Kier molecular flexibility index (Phi) is 1.86. The molecule has 1 N–H and O–H groups in total. The summed E-state index contributed by atoms with van der Waals surface area (Å²) in [5, 5.41) is 15.2. The molecular weight excluding hydrogens is 216 g/mol. The number of hydrogen-bond acceptors (Lipinski definition) is 5. The van der Waals surface area contributed by atoms with E-state index in [1.54, 1.807) is 16.9 Å². The number of tetrazole rings is 1. The Hall–Kier alpha value is -1.72. The van der Waals surface area contributed by atoms with Crippen molar-refractivity contribution in [3.05, 3.63) is 12.4 Å². The summed E-state index contributed by atoms with van der Waals surface area (Å²) < 4.78 is 1.73. The van der Waals surface area contributed by atoms with Crippen molar-refractivity contribution in [3.63, 3.8) is 0 Å². The third-order valence-electron chi connectivity index (χ3n) is 3.68. The topological polar surface area (TPSA) is 68.0 Å². The van der Waals surface area contributed by atoms with E-state index in [1.807, 2.05) is 0 Å². The van der Waals surface area contributed by atoms with Gasteiger partial charge in [0.2, 0.25) is 0 Å². The fourth-order valence-corrected chi connectivity index (χ4v) is 2.48. The molecule has 0 atom stereocenters. The van der Waals surface area contributed by atoms with Gasteiger partial charge in [0.15, 0.2) is 11.5 Å². The zero-order chi connectivity index (χ0) is 11.2. The highest BCUT2D eigenvalue weighted by Crippen LogP contribution is 2.45. The number of hydrogen-bond donors (Lipinski definition) is 1. The summed E-state index contributed by atoms with van der Waals surface area (Å²) in [7, 11) is 0. The van der Waals surface area contributed by atoms with Crippen LogP contribution in [0.15, 0.2) is 12.4 Å². The monoisotopic (exact) mass is 230 g/mol. The molecule has 2 aliphatic carbocycles. The van der Waals surface area contributed by atoms with Gasteiger partial charge in [-0.05, 0) is 47.9 Å². The average molecular weight is 230 g/mol. The van der Waals surface area contributed by atoms with Crippen LogP contribution in [-0.2, 0) is 0 Å². The van der Waals surface area contributed by atoms with Crippen LogP contribution in [0, 0.1) is 11.8 Å². The second-order valence-corrected chi connectivity index (χ2v) is 5.09. The Balaban J connectivity index is 1.66. The van der Waals surface area contributed by atoms with E-state index in [1.165, 1.54) is 25.7 Å². The molecule has 2 fully saturated rings. The molecule has 0 aromatic carbocycles. The van der Waals surface area contributed by atoms with Gasteiger partial charge in [-0.1, -0.05) is 0 Å². The lowest BCUT2D eigenvalue weighted by molar-refractivity contribution is 0.562. The maximum Gasteiger partial charge on any atom is 0.199 e. The lowest BCUT2D eigenvalue weighted by Crippen LogP contribution is -2.25. The molecule has 6 nitrogen and oxygen atoms in total. The van der Waals surface area contributed by atoms with Crippen LogP contribution in [-0.4, -0.2) is 31.1 Å². The highest BCUT2D eigenvalue weighted by molar-refractivity contribution is 5.44. The predicted octanol–water partition coefficient (Wildman–Crippen LogP) is 1.12. The third-order valence-corrected chi connectivity index (χ3v) is 3.68. The van der Waals surface area contributed by atoms with Crippen LogP contribution in [0.5, 0.6) is 0 Å². The van der Waals surface area contributed by atoms with E-state index in [0.717, 1.165) is 17.7 Å². The molecule has 2 heterocycles. The smallest absolute Gasteiger partial charge is 0.199 e. The van der Waals surface area contributed by atoms with E-state index in [4.69, 9.17) is 0 Å². The standard InChI is InChI=1S/C11H14N6/c1-2-7(1)11(8-3-4-8)13-9-5-12-6-10-14-15-16-17(9)10/h5-8,11,13H,1-4H2. The maximum atomic E-state index is 4.17. The summed E-state index contributed by atoms with van der Waals surface area (Å²) in [6.45, 7) is 0. The molecule has 0 aliphatic heterocycles. The quantitative estimate of drug-likeness (QED) is 0.852. The number of nitrogens with one attached hydrogen (secondary N) is 1. The van der Waals surface area contributed by atoms with E-state index < -0.39 is 0 Å². The van der Waals surface area contributed by atoms with Crippen LogP contribution in [0.4, 0.5) is 5.82 Å². The predicted molar refractivity (Wildman–Crippen MR) is 61.4 cm³/mol. The lowest BCUT2D eigenvalue weighted by atomic mass is 10.1. The van der Waals surface area contributed by atoms with Crippen molar-refractivity contribution >= 4 is 11.5 Å². The molecule has 0 bridgehead atoms. The van der Waals surface area contributed by atoms with Gasteiger partial charge >= 0.3 is 0 Å². The van der Waals surface area contributed by atoms with E-state index >= 15 is 0 Å². The Bertz CT molecular complexity index is 530. The van der Waals surface area contributed by atoms with Crippen molar-refractivity contribution in [3.8, 4) is 0 Å². The minimum atomic E-state index is 0.589. The van der Waals surface area contributed by atoms with Crippen molar-refractivity contribution in [1.82, 2.24) is 25.0 Å². The van der Waals surface area contributed by atoms with E-state index in [-0.39, 0.29) is 0 Å². The van der Waals surface area contributed by atoms with Crippen molar-refractivity contribution in [2.24, 2.45) is 11.8 Å². The van der Waals surface area contributed by atoms with Gasteiger partial charge in [-0.25, -0.2) is 0 Å². The highest BCUT2D eigenvalue weighted by atomic mass is 15.5. The Morgan fingerprint density at radius 2 is 1.94 bits per heavy atom. The molecule has 0 unspecified atom stereocenters. The maximum absolute atomic E-state index is 4.17. The van der Waals surface area contributed by atoms with Gasteiger partial charge in [-0.3, -0.25) is 4.98 Å². The van der Waals surface area contributed by atoms with Crippen LogP contribution in [0.3, 0.4) is 0 Å². The number of anilines is 1. The number of rotatable bonds is 4. The first-order valence-electron chi connectivity index (χ1n) is 6.20. The molecule has 0 saturated heterocycles. The first-order valence-corrected chi connectivity index (χ1v) is 6.20. The fourth-order valence-electron chi connectivity index (χ4n) is 2.48. The van der Waals surface area contributed by atoms with E-state index in [2.05, 4.69) is 25.8 Å². The van der Waals surface area contributed by atoms with Gasteiger partial charge in [-0.15, -0.1) is 5.10 Å². The Morgan fingerprint density at radius 3 is 2.65 bits per heavy atom. The molecule has 2 aromatic rings. The summed E-state index contributed by atoms with van der Waals surface area (Å²) in [6.07, 6.45) is 8.90. The van der Waals surface area contributed by atoms with Crippen LogP contribution in [0.2, 0.25) is 0 Å². The molecule has 6 heteroatoms. The van der Waals surface area contributed by atoms with Crippen molar-refractivity contribution < 1.29 is 0 Å². The van der Waals surface area contributed by atoms with Crippen molar-refractivity contribution in [1.29, 1.82) is 0 Å². The van der Waals surface area contributed by atoms with Gasteiger partial charge in [0.25, 0.3) is 0 Å². The number of aromatic nitrogens is 5. The minimum Gasteiger partial charge on any atom is -0.365 e. The van der Waals surface area contributed by atoms with Gasteiger partial charge in [0.1, 0.15) is 0 Å². The largest absolute Gasteiger partial charge is 0.365 e. The highest BCUT2D eigenvalue weighted by Gasteiger charge is 2.41. The molecule has 2 saturated carbocycles. The molecule has 2 aromatic heterocycles. The molecular formula is C11H14N6. The molecule has 0 spiro atoms. The molecule has 88 valence electrons. The second-order valence-electron chi connectivity index (χ2n) is 5.09. The molecule has 0 radical (unpaired) electrons. The van der Waals surface area contributed by atoms with Gasteiger partial charge in [-0.2, -0.15) is 4.52 Å². The number of fused-ring (bicyclic) bond motifs is 1. The summed E-state index contributed by atoms with van der Waals surface area (Å²) in [5.41, 5.74) is 0.695. The molecule has 0 amide bonds. The normalized spacial score (nSPS) is 20.1. The molecule has 17 heavy (non-hydrogen) atoms. The number of nitrogens with zero attached hydrogens (tertiary/aromatic N) is 5. The lowest BCUT2D eigenvalue weighted by Gasteiger charge is -2.18. The first-order chi connectivity index (χ1) is 8.42. The van der Waals surface area contributed by atoms with Gasteiger partial charge < -0.3 is 5.32 Å². The molecule has 2 aliphatic rings. The van der Waals surface area contributed by atoms with E-state index in [0.29, 0.717) is 11.7 Å². The van der Waals surface area contributed by atoms with Crippen molar-refractivity contribution in [2.45, 2.75) is 31.7 Å². The average Bonchev–Trinajstić information content (AvgIpc) is 3.25. The summed E-state index contributed by atoms with van der Waals surface area (Å²) >= 11 is 0. The van der Waals surface area contributed by atoms with Crippen molar-refractivity contribution in [2.75, 3.05) is 5.32 Å². The van der Waals surface area contributed by atoms with Crippen LogP contribution < -0.4 is 5.32 Å². The second kappa shape index (κ2) is 3.38. The summed E-state index contributed by atoms with van der Waals surface area (Å²) in [6, 6.07) is 0.589. The Morgan fingerprint density at radius 1 is 1.18 bits per heavy atom.